The third-order valence-corrected chi connectivity index (χ3v) is 2.96. The predicted molar refractivity (Wildman–Crippen MR) is 78.1 cm³/mol. The van der Waals surface area contributed by atoms with Crippen LogP contribution in [0.5, 0.6) is 11.6 Å². The quantitative estimate of drug-likeness (QED) is 0.789. The number of rotatable bonds is 3. The number of nitrogens with zero attached hydrogens (tertiary/aromatic N) is 3. The summed E-state index contributed by atoms with van der Waals surface area (Å²) < 4.78 is 5.79. The Morgan fingerprint density at radius 3 is 2.70 bits per heavy atom. The fraction of sp³-hybridized carbons (Fsp3) is 0.133. The van der Waals surface area contributed by atoms with Gasteiger partial charge in [0, 0.05) is 7.05 Å². The number of aromatic nitrogens is 3. The maximum atomic E-state index is 5.79. The Morgan fingerprint density at radius 2 is 1.95 bits per heavy atom. The molecule has 0 atom stereocenters. The molecular formula is C15H14N4O. The van der Waals surface area contributed by atoms with Gasteiger partial charge in [-0.05, 0) is 36.8 Å². The Balaban J connectivity index is 1.97. The second-order valence-corrected chi connectivity index (χ2v) is 4.43. The van der Waals surface area contributed by atoms with E-state index in [1.54, 1.807) is 6.20 Å². The molecule has 5 nitrogen and oxygen atoms in total. The lowest BCUT2D eigenvalue weighted by Crippen LogP contribution is -1.94. The topological polar surface area (TPSA) is 59.9 Å². The highest BCUT2D eigenvalue weighted by Crippen LogP contribution is 2.26. The third-order valence-electron chi connectivity index (χ3n) is 2.96. The molecular weight excluding hydrogens is 252 g/mol. The SMILES string of the molecule is CNc1ccc(Oc2ncnc3cc(C)ccc23)cn1. The number of benzene rings is 1. The lowest BCUT2D eigenvalue weighted by atomic mass is 10.2. The van der Waals surface area contributed by atoms with E-state index in [4.69, 9.17) is 4.74 Å². The van der Waals surface area contributed by atoms with Gasteiger partial charge in [-0.15, -0.1) is 0 Å². The smallest absolute Gasteiger partial charge is 0.230 e. The van der Waals surface area contributed by atoms with Crippen molar-refractivity contribution in [2.45, 2.75) is 6.92 Å². The average Bonchev–Trinajstić information content (AvgIpc) is 2.48. The molecule has 20 heavy (non-hydrogen) atoms. The molecule has 1 aromatic carbocycles. The number of hydrogen-bond donors (Lipinski definition) is 1. The Labute approximate surface area is 116 Å². The van der Waals surface area contributed by atoms with Gasteiger partial charge in [-0.25, -0.2) is 15.0 Å². The molecule has 0 amide bonds. The summed E-state index contributed by atoms with van der Waals surface area (Å²) in [6.45, 7) is 2.03. The maximum Gasteiger partial charge on any atom is 0.230 e. The van der Waals surface area contributed by atoms with Gasteiger partial charge in [0.2, 0.25) is 5.88 Å². The molecule has 0 aliphatic heterocycles. The molecule has 0 radical (unpaired) electrons. The normalized spacial score (nSPS) is 10.5. The second kappa shape index (κ2) is 5.13. The number of fused-ring (bicyclic) bond motifs is 1. The summed E-state index contributed by atoms with van der Waals surface area (Å²) in [6, 6.07) is 9.69. The first kappa shape index (κ1) is 12.3. The van der Waals surface area contributed by atoms with Crippen molar-refractivity contribution >= 4 is 16.7 Å². The Bertz CT molecular complexity index is 740. The number of nitrogens with one attached hydrogen (secondary N) is 1. The number of aryl methyl sites for hydroxylation is 1. The number of hydrogen-bond acceptors (Lipinski definition) is 5. The van der Waals surface area contributed by atoms with Crippen molar-refractivity contribution in [3.8, 4) is 11.6 Å². The number of anilines is 1. The lowest BCUT2D eigenvalue weighted by Gasteiger charge is -2.08. The van der Waals surface area contributed by atoms with Gasteiger partial charge in [0.25, 0.3) is 0 Å². The second-order valence-electron chi connectivity index (χ2n) is 4.43. The highest BCUT2D eigenvalue weighted by molar-refractivity contribution is 5.83. The van der Waals surface area contributed by atoms with E-state index in [1.165, 1.54) is 6.33 Å². The maximum absolute atomic E-state index is 5.79. The molecule has 0 saturated carbocycles. The molecule has 0 fully saturated rings. The van der Waals surface area contributed by atoms with Crippen molar-refractivity contribution in [2.75, 3.05) is 12.4 Å². The van der Waals surface area contributed by atoms with Gasteiger partial charge in [-0.2, -0.15) is 0 Å². The molecule has 1 N–H and O–H groups in total. The fourth-order valence-electron chi connectivity index (χ4n) is 1.92. The van der Waals surface area contributed by atoms with Crippen LogP contribution >= 0.6 is 0 Å². The monoisotopic (exact) mass is 266 g/mol. The van der Waals surface area contributed by atoms with Crippen molar-refractivity contribution < 1.29 is 4.74 Å². The highest BCUT2D eigenvalue weighted by atomic mass is 16.5. The molecule has 5 heteroatoms. The molecule has 0 spiro atoms. The molecule has 0 aliphatic rings. The van der Waals surface area contributed by atoms with Crippen LogP contribution in [0.15, 0.2) is 42.9 Å². The first-order chi connectivity index (χ1) is 9.76. The van der Waals surface area contributed by atoms with E-state index in [0.29, 0.717) is 11.6 Å². The van der Waals surface area contributed by atoms with E-state index < -0.39 is 0 Å². The van der Waals surface area contributed by atoms with E-state index in [9.17, 15) is 0 Å². The zero-order valence-corrected chi connectivity index (χ0v) is 11.3. The molecule has 0 unspecified atom stereocenters. The summed E-state index contributed by atoms with van der Waals surface area (Å²) in [5.74, 6) is 1.97. The zero-order valence-electron chi connectivity index (χ0n) is 11.3. The van der Waals surface area contributed by atoms with Crippen molar-refractivity contribution in [3.63, 3.8) is 0 Å². The van der Waals surface area contributed by atoms with E-state index in [0.717, 1.165) is 22.3 Å². The molecule has 100 valence electrons. The number of ether oxygens (including phenoxy) is 1. The molecule has 2 aromatic heterocycles. The summed E-state index contributed by atoms with van der Waals surface area (Å²) in [7, 11) is 1.82. The number of pyridine rings is 1. The van der Waals surface area contributed by atoms with Gasteiger partial charge in [0.1, 0.15) is 17.9 Å². The first-order valence-corrected chi connectivity index (χ1v) is 6.29. The van der Waals surface area contributed by atoms with Gasteiger partial charge < -0.3 is 10.1 Å². The van der Waals surface area contributed by atoms with Gasteiger partial charge in [0.05, 0.1) is 17.1 Å². The summed E-state index contributed by atoms with van der Waals surface area (Å²) >= 11 is 0. The Morgan fingerprint density at radius 1 is 1.05 bits per heavy atom. The first-order valence-electron chi connectivity index (χ1n) is 6.29. The van der Waals surface area contributed by atoms with Crippen molar-refractivity contribution in [2.24, 2.45) is 0 Å². The molecule has 3 aromatic rings. The summed E-state index contributed by atoms with van der Waals surface area (Å²) in [6.07, 6.45) is 3.17. The van der Waals surface area contributed by atoms with E-state index in [1.807, 2.05) is 44.3 Å². The van der Waals surface area contributed by atoms with Gasteiger partial charge >= 0.3 is 0 Å². The van der Waals surface area contributed by atoms with Crippen molar-refractivity contribution in [1.29, 1.82) is 0 Å². The minimum absolute atomic E-state index is 0.536. The van der Waals surface area contributed by atoms with Crippen molar-refractivity contribution in [3.05, 3.63) is 48.4 Å². The average molecular weight is 266 g/mol. The lowest BCUT2D eigenvalue weighted by molar-refractivity contribution is 0.466. The van der Waals surface area contributed by atoms with Crippen LogP contribution in [0.3, 0.4) is 0 Å². The zero-order chi connectivity index (χ0) is 13.9. The van der Waals surface area contributed by atoms with Crippen LogP contribution in [0, 0.1) is 6.92 Å². The van der Waals surface area contributed by atoms with Gasteiger partial charge in [-0.3, -0.25) is 0 Å². The highest BCUT2D eigenvalue weighted by Gasteiger charge is 2.06. The fourth-order valence-corrected chi connectivity index (χ4v) is 1.92. The third kappa shape index (κ3) is 2.38. The summed E-state index contributed by atoms with van der Waals surface area (Å²) in [4.78, 5) is 12.7. The van der Waals surface area contributed by atoms with Crippen LogP contribution in [-0.2, 0) is 0 Å². The standard InChI is InChI=1S/C15H14N4O/c1-10-3-5-12-13(7-10)18-9-19-15(12)20-11-4-6-14(16-2)17-8-11/h3-9H,1-2H3,(H,16,17). The molecule has 2 heterocycles. The summed E-state index contributed by atoms with van der Waals surface area (Å²) in [5.41, 5.74) is 2.02. The Hall–Kier alpha value is -2.69. The van der Waals surface area contributed by atoms with Gasteiger partial charge in [-0.1, -0.05) is 6.07 Å². The predicted octanol–water partition coefficient (Wildman–Crippen LogP) is 3.17. The van der Waals surface area contributed by atoms with Crippen LogP contribution in [-0.4, -0.2) is 22.0 Å². The molecule has 3 rings (SSSR count). The van der Waals surface area contributed by atoms with Crippen LogP contribution in [0.25, 0.3) is 10.9 Å². The van der Waals surface area contributed by atoms with Crippen LogP contribution in [0.4, 0.5) is 5.82 Å². The molecule has 0 aliphatic carbocycles. The van der Waals surface area contributed by atoms with Crippen LogP contribution in [0.2, 0.25) is 0 Å². The van der Waals surface area contributed by atoms with E-state index in [2.05, 4.69) is 20.3 Å². The minimum atomic E-state index is 0.536. The van der Waals surface area contributed by atoms with E-state index >= 15 is 0 Å². The largest absolute Gasteiger partial charge is 0.437 e. The summed E-state index contributed by atoms with van der Waals surface area (Å²) in [5, 5.41) is 3.85. The molecule has 0 bridgehead atoms. The van der Waals surface area contributed by atoms with Crippen LogP contribution in [0.1, 0.15) is 5.56 Å². The molecule has 0 saturated heterocycles. The van der Waals surface area contributed by atoms with E-state index in [-0.39, 0.29) is 0 Å². The minimum Gasteiger partial charge on any atom is -0.437 e. The Kier molecular flexibility index (Phi) is 3.16. The van der Waals surface area contributed by atoms with Crippen LogP contribution < -0.4 is 10.1 Å². The van der Waals surface area contributed by atoms with Crippen molar-refractivity contribution in [1.82, 2.24) is 15.0 Å². The van der Waals surface area contributed by atoms with Gasteiger partial charge in [0.15, 0.2) is 0 Å².